The average Bonchev–Trinajstić information content (AvgIpc) is 2.03. The highest BCUT2D eigenvalue weighted by Gasteiger charge is 2.16. The minimum atomic E-state index is -0.459. The molecule has 0 aromatic rings. The maximum Gasteiger partial charge on any atom is 0.312 e. The van der Waals surface area contributed by atoms with E-state index in [9.17, 15) is 9.59 Å². The van der Waals surface area contributed by atoms with E-state index in [1.165, 1.54) is 4.90 Å². The third-order valence-electron chi connectivity index (χ3n) is 1.52. The van der Waals surface area contributed by atoms with E-state index in [2.05, 4.69) is 0 Å². The van der Waals surface area contributed by atoms with E-state index in [1.807, 2.05) is 27.7 Å². The van der Waals surface area contributed by atoms with Crippen molar-refractivity contribution in [2.45, 2.75) is 39.7 Å². The Kier molecular flexibility index (Phi) is 5.20. The van der Waals surface area contributed by atoms with Crippen LogP contribution >= 0.6 is 0 Å². The van der Waals surface area contributed by atoms with Gasteiger partial charge < -0.3 is 9.64 Å². The lowest BCUT2D eigenvalue weighted by molar-refractivity contribution is -0.154. The second-order valence-electron chi connectivity index (χ2n) is 4.01. The van der Waals surface area contributed by atoms with Gasteiger partial charge in [0.2, 0.25) is 0 Å². The molecular weight excluding hydrogens is 182 g/mol. The fourth-order valence-corrected chi connectivity index (χ4v) is 0.887. The molecule has 0 heterocycles. The van der Waals surface area contributed by atoms with E-state index < -0.39 is 5.60 Å². The molecule has 1 amide bonds. The number of hydrogen-bond donors (Lipinski definition) is 0. The van der Waals surface area contributed by atoms with Crippen LogP contribution in [0.2, 0.25) is 0 Å². The van der Waals surface area contributed by atoms with E-state index in [0.717, 1.165) is 0 Å². The molecule has 0 aromatic heterocycles. The maximum atomic E-state index is 11.2. The molecule has 4 heteroatoms. The van der Waals surface area contributed by atoms with Gasteiger partial charge in [0.25, 0.3) is 0 Å². The number of amides is 1. The van der Waals surface area contributed by atoms with Gasteiger partial charge in [0.1, 0.15) is 5.60 Å². The highest BCUT2D eigenvalue weighted by Crippen LogP contribution is 2.08. The summed E-state index contributed by atoms with van der Waals surface area (Å²) in [6, 6.07) is 0. The maximum absolute atomic E-state index is 11.2. The lowest BCUT2D eigenvalue weighted by Gasteiger charge is -2.20. The first-order valence-electron chi connectivity index (χ1n) is 4.73. The fourth-order valence-electron chi connectivity index (χ4n) is 0.887. The van der Waals surface area contributed by atoms with E-state index in [0.29, 0.717) is 13.1 Å². The minimum Gasteiger partial charge on any atom is -0.460 e. The minimum absolute atomic E-state index is 0.223. The zero-order valence-electron chi connectivity index (χ0n) is 9.29. The summed E-state index contributed by atoms with van der Waals surface area (Å²) in [4.78, 5) is 22.9. The summed E-state index contributed by atoms with van der Waals surface area (Å²) in [5.41, 5.74) is -0.459. The van der Waals surface area contributed by atoms with E-state index in [4.69, 9.17) is 4.74 Å². The largest absolute Gasteiger partial charge is 0.460 e. The molecule has 0 aliphatic heterocycles. The second kappa shape index (κ2) is 5.62. The summed E-state index contributed by atoms with van der Waals surface area (Å²) in [6.45, 7) is 8.21. The van der Waals surface area contributed by atoms with Crippen molar-refractivity contribution in [1.82, 2.24) is 4.90 Å². The van der Waals surface area contributed by atoms with Crippen molar-refractivity contribution >= 4 is 12.4 Å². The van der Waals surface area contributed by atoms with Crippen LogP contribution < -0.4 is 0 Å². The Labute approximate surface area is 85.2 Å². The number of esters is 1. The Morgan fingerprint density at radius 3 is 2.36 bits per heavy atom. The lowest BCUT2D eigenvalue weighted by atomic mass is 10.2. The Morgan fingerprint density at radius 2 is 2.00 bits per heavy atom. The smallest absolute Gasteiger partial charge is 0.312 e. The molecule has 81 valence electrons. The van der Waals surface area contributed by atoms with Crippen LogP contribution in [-0.4, -0.2) is 36.0 Å². The third-order valence-corrected chi connectivity index (χ3v) is 1.52. The first-order valence-corrected chi connectivity index (χ1v) is 4.73. The monoisotopic (exact) mass is 200 g/mol. The van der Waals surface area contributed by atoms with Crippen LogP contribution in [0.4, 0.5) is 0 Å². The Bertz CT molecular complexity index is 196. The normalized spacial score (nSPS) is 10.9. The summed E-state index contributed by atoms with van der Waals surface area (Å²) in [7, 11) is 0. The van der Waals surface area contributed by atoms with Crippen LogP contribution in [0.15, 0.2) is 0 Å². The summed E-state index contributed by atoms with van der Waals surface area (Å²) in [5, 5.41) is 0. The summed E-state index contributed by atoms with van der Waals surface area (Å²) in [6.07, 6.45) is 1.97. The van der Waals surface area contributed by atoms with Gasteiger partial charge in [-0.15, -0.1) is 0 Å². The van der Waals surface area contributed by atoms with Crippen molar-refractivity contribution in [3.63, 3.8) is 0 Å². The van der Waals surface area contributed by atoms with Crippen LogP contribution in [0.1, 0.15) is 34.1 Å². The summed E-state index contributed by atoms with van der Waals surface area (Å²) >= 11 is 0. The van der Waals surface area contributed by atoms with Crippen LogP contribution in [0.5, 0.6) is 0 Å². The molecule has 0 rings (SSSR count). The number of rotatable bonds is 5. The molecule has 14 heavy (non-hydrogen) atoms. The first-order chi connectivity index (χ1) is 6.39. The molecule has 0 N–H and O–H groups in total. The van der Waals surface area contributed by atoms with Gasteiger partial charge in [0.15, 0.2) is 0 Å². The Morgan fingerprint density at radius 1 is 1.43 bits per heavy atom. The number of ether oxygens (including phenoxy) is 1. The highest BCUT2D eigenvalue weighted by molar-refractivity contribution is 5.70. The van der Waals surface area contributed by atoms with Crippen molar-refractivity contribution in [3.05, 3.63) is 0 Å². The zero-order chi connectivity index (χ0) is 11.2. The molecule has 0 aliphatic rings. The van der Waals surface area contributed by atoms with E-state index >= 15 is 0 Å². The van der Waals surface area contributed by atoms with Gasteiger partial charge in [-0.05, 0) is 27.7 Å². The third kappa shape index (κ3) is 6.46. The molecule has 1 radical (unpaired) electrons. The topological polar surface area (TPSA) is 46.6 Å². The number of carbonyl (C=O) groups is 1. The number of nitrogens with zero attached hydrogens (tertiary/aromatic N) is 1. The van der Waals surface area contributed by atoms with Crippen molar-refractivity contribution in [2.75, 3.05) is 13.1 Å². The van der Waals surface area contributed by atoms with Crippen LogP contribution in [0.3, 0.4) is 0 Å². The Hall–Kier alpha value is -1.06. The number of hydrogen-bond acceptors (Lipinski definition) is 3. The summed E-state index contributed by atoms with van der Waals surface area (Å²) < 4.78 is 5.08. The van der Waals surface area contributed by atoms with Gasteiger partial charge >= 0.3 is 12.4 Å². The Balaban J connectivity index is 3.79. The fraction of sp³-hybridized carbons (Fsp3) is 0.800. The first kappa shape index (κ1) is 12.9. The van der Waals surface area contributed by atoms with Crippen LogP contribution in [-0.2, 0) is 14.3 Å². The van der Waals surface area contributed by atoms with Gasteiger partial charge in [-0.1, -0.05) is 0 Å². The summed E-state index contributed by atoms with van der Waals surface area (Å²) in [5.74, 6) is -0.286. The molecule has 0 bridgehead atoms. The SMILES string of the molecule is CCN([C]=O)CCC(=O)OC(C)(C)C. The van der Waals surface area contributed by atoms with Gasteiger partial charge in [-0.2, -0.15) is 0 Å². The van der Waals surface area contributed by atoms with Crippen molar-refractivity contribution in [2.24, 2.45) is 0 Å². The van der Waals surface area contributed by atoms with Gasteiger partial charge in [0, 0.05) is 13.1 Å². The predicted octanol–water partition coefficient (Wildman–Crippen LogP) is 1.11. The molecule has 0 fully saturated rings. The van der Waals surface area contributed by atoms with Gasteiger partial charge in [-0.3, -0.25) is 9.59 Å². The molecule has 0 aromatic carbocycles. The van der Waals surface area contributed by atoms with E-state index in [-0.39, 0.29) is 12.4 Å². The average molecular weight is 200 g/mol. The molecule has 0 unspecified atom stereocenters. The molecule has 0 atom stereocenters. The second-order valence-corrected chi connectivity index (χ2v) is 4.01. The highest BCUT2D eigenvalue weighted by atomic mass is 16.6. The molecule has 0 saturated heterocycles. The van der Waals surface area contributed by atoms with Gasteiger partial charge in [0.05, 0.1) is 6.42 Å². The number of carbonyl (C=O) groups excluding carboxylic acids is 2. The van der Waals surface area contributed by atoms with Crippen molar-refractivity contribution < 1.29 is 14.3 Å². The van der Waals surface area contributed by atoms with Crippen LogP contribution in [0.25, 0.3) is 0 Å². The van der Waals surface area contributed by atoms with Crippen LogP contribution in [0, 0.1) is 0 Å². The predicted molar refractivity (Wildman–Crippen MR) is 53.4 cm³/mol. The van der Waals surface area contributed by atoms with E-state index in [1.54, 1.807) is 6.41 Å². The molecule has 0 aliphatic carbocycles. The van der Waals surface area contributed by atoms with Gasteiger partial charge in [-0.25, -0.2) is 0 Å². The van der Waals surface area contributed by atoms with Crippen molar-refractivity contribution in [1.29, 1.82) is 0 Å². The standard InChI is InChI=1S/C10H18NO3/c1-5-11(8-12)7-6-9(13)14-10(2,3)4/h5-7H2,1-4H3. The molecule has 0 saturated carbocycles. The molecule has 4 nitrogen and oxygen atoms in total. The molecular formula is C10H18NO3. The van der Waals surface area contributed by atoms with Crippen molar-refractivity contribution in [3.8, 4) is 0 Å². The quantitative estimate of drug-likeness (QED) is 0.493. The molecule has 0 spiro atoms. The lowest BCUT2D eigenvalue weighted by Crippen LogP contribution is -2.28. The zero-order valence-corrected chi connectivity index (χ0v) is 9.29.